The molecule has 0 aliphatic rings. The van der Waals surface area contributed by atoms with E-state index in [9.17, 15) is 9.90 Å². The van der Waals surface area contributed by atoms with Crippen molar-refractivity contribution in [2.45, 2.75) is 26.3 Å². The number of benzene rings is 1. The topological polar surface area (TPSA) is 91.0 Å². The van der Waals surface area contributed by atoms with Crippen molar-refractivity contribution in [1.82, 2.24) is 0 Å². The molecule has 118 valence electrons. The lowest BCUT2D eigenvalue weighted by atomic mass is 9.83. The number of aliphatic carboxylic acids is 1. The summed E-state index contributed by atoms with van der Waals surface area (Å²) < 4.78 is 15.9. The molecule has 0 spiro atoms. The molecule has 0 saturated heterocycles. The average molecular weight is 297 g/mol. The first-order chi connectivity index (χ1) is 9.76. The second-order valence-electron chi connectivity index (χ2n) is 5.45. The highest BCUT2D eigenvalue weighted by Gasteiger charge is 2.32. The van der Waals surface area contributed by atoms with Crippen LogP contribution in [-0.2, 0) is 4.79 Å². The molecule has 0 amide bonds. The molecule has 1 unspecified atom stereocenters. The van der Waals surface area contributed by atoms with Gasteiger partial charge in [-0.1, -0.05) is 0 Å². The second kappa shape index (κ2) is 6.67. The normalized spacial score (nSPS) is 12.7. The van der Waals surface area contributed by atoms with E-state index in [4.69, 9.17) is 19.9 Å². The first-order valence-corrected chi connectivity index (χ1v) is 6.55. The zero-order chi connectivity index (χ0) is 16.2. The molecule has 0 aromatic heterocycles. The summed E-state index contributed by atoms with van der Waals surface area (Å²) in [6, 6.07) is 2.86. The van der Waals surface area contributed by atoms with Gasteiger partial charge in [0.05, 0.1) is 32.3 Å². The lowest BCUT2D eigenvalue weighted by Gasteiger charge is -2.26. The third kappa shape index (κ3) is 3.78. The van der Waals surface area contributed by atoms with Gasteiger partial charge in [0.15, 0.2) is 0 Å². The lowest BCUT2D eigenvalue weighted by Crippen LogP contribution is -2.29. The van der Waals surface area contributed by atoms with E-state index in [2.05, 4.69) is 0 Å². The lowest BCUT2D eigenvalue weighted by molar-refractivity contribution is -0.147. The molecule has 1 aromatic carbocycles. The molecule has 6 nitrogen and oxygen atoms in total. The minimum absolute atomic E-state index is 0.251. The maximum absolute atomic E-state index is 11.3. The van der Waals surface area contributed by atoms with Gasteiger partial charge in [0.25, 0.3) is 0 Å². The third-order valence-corrected chi connectivity index (χ3v) is 3.43. The molecule has 1 aromatic rings. The second-order valence-corrected chi connectivity index (χ2v) is 5.45. The Morgan fingerprint density at radius 2 is 1.67 bits per heavy atom. The Morgan fingerprint density at radius 3 is 2.00 bits per heavy atom. The van der Waals surface area contributed by atoms with Gasteiger partial charge in [-0.25, -0.2) is 0 Å². The summed E-state index contributed by atoms with van der Waals surface area (Å²) in [4.78, 5) is 11.3. The number of carboxylic acids is 1. The van der Waals surface area contributed by atoms with Crippen molar-refractivity contribution in [3.63, 3.8) is 0 Å². The fourth-order valence-electron chi connectivity index (χ4n) is 2.14. The number of rotatable bonds is 7. The minimum atomic E-state index is -0.949. The summed E-state index contributed by atoms with van der Waals surface area (Å²) in [7, 11) is 4.58. The fraction of sp³-hybridized carbons (Fsp3) is 0.533. The van der Waals surface area contributed by atoms with Gasteiger partial charge in [-0.15, -0.1) is 0 Å². The monoisotopic (exact) mass is 297 g/mol. The van der Waals surface area contributed by atoms with Crippen LogP contribution in [0.1, 0.15) is 31.9 Å². The van der Waals surface area contributed by atoms with Gasteiger partial charge in [-0.3, -0.25) is 4.79 Å². The number of carbonyl (C=O) groups is 1. The smallest absolute Gasteiger partial charge is 0.309 e. The molecule has 3 N–H and O–H groups in total. The zero-order valence-electron chi connectivity index (χ0n) is 13.1. The Bertz CT molecular complexity index is 488. The zero-order valence-corrected chi connectivity index (χ0v) is 13.1. The molecule has 1 atom stereocenters. The Balaban J connectivity index is 3.24. The van der Waals surface area contributed by atoms with Gasteiger partial charge in [0.2, 0.25) is 0 Å². The van der Waals surface area contributed by atoms with E-state index in [-0.39, 0.29) is 6.42 Å². The molecular formula is C15H23NO5. The Hall–Kier alpha value is -1.95. The average Bonchev–Trinajstić information content (AvgIpc) is 2.44. The predicted molar refractivity (Wildman–Crippen MR) is 79.1 cm³/mol. The van der Waals surface area contributed by atoms with Crippen molar-refractivity contribution in [2.24, 2.45) is 11.1 Å². The number of nitrogens with two attached hydrogens (primary N) is 1. The van der Waals surface area contributed by atoms with E-state index in [1.54, 1.807) is 33.1 Å². The van der Waals surface area contributed by atoms with Crippen molar-refractivity contribution in [3.05, 3.63) is 17.7 Å². The SMILES string of the molecule is COc1cc(OC)c(C(N)CC(C)(C)C(=O)O)c(OC)c1. The summed E-state index contributed by atoms with van der Waals surface area (Å²) in [5.74, 6) is 0.710. The number of hydrogen-bond donors (Lipinski definition) is 2. The van der Waals surface area contributed by atoms with Gasteiger partial charge in [-0.05, 0) is 20.3 Å². The van der Waals surface area contributed by atoms with Gasteiger partial charge in [0.1, 0.15) is 17.2 Å². The van der Waals surface area contributed by atoms with E-state index in [0.717, 1.165) is 0 Å². The quantitative estimate of drug-likeness (QED) is 0.802. The van der Waals surface area contributed by atoms with Gasteiger partial charge >= 0.3 is 5.97 Å². The Labute approximate surface area is 124 Å². The van der Waals surface area contributed by atoms with Crippen LogP contribution in [-0.4, -0.2) is 32.4 Å². The van der Waals surface area contributed by atoms with Gasteiger partial charge < -0.3 is 25.1 Å². The third-order valence-electron chi connectivity index (χ3n) is 3.43. The molecular weight excluding hydrogens is 274 g/mol. The van der Waals surface area contributed by atoms with Crippen molar-refractivity contribution in [2.75, 3.05) is 21.3 Å². The number of methoxy groups -OCH3 is 3. The van der Waals surface area contributed by atoms with Crippen LogP contribution in [0.4, 0.5) is 0 Å². The highest BCUT2D eigenvalue weighted by Crippen LogP contribution is 2.41. The fourth-order valence-corrected chi connectivity index (χ4v) is 2.14. The van der Waals surface area contributed by atoms with E-state index < -0.39 is 17.4 Å². The molecule has 0 radical (unpaired) electrons. The maximum Gasteiger partial charge on any atom is 0.309 e. The van der Waals surface area contributed by atoms with E-state index in [1.807, 2.05) is 0 Å². The standard InChI is InChI=1S/C15H23NO5/c1-15(2,14(17)18)8-10(16)13-11(20-4)6-9(19-3)7-12(13)21-5/h6-7,10H,8,16H2,1-5H3,(H,17,18). The van der Waals surface area contributed by atoms with Crippen molar-refractivity contribution < 1.29 is 24.1 Å². The number of ether oxygens (including phenoxy) is 3. The molecule has 21 heavy (non-hydrogen) atoms. The van der Waals surface area contributed by atoms with E-state index in [1.165, 1.54) is 14.2 Å². The summed E-state index contributed by atoms with van der Waals surface area (Å²) in [5.41, 5.74) is 5.88. The summed E-state index contributed by atoms with van der Waals surface area (Å²) >= 11 is 0. The van der Waals surface area contributed by atoms with Crippen LogP contribution >= 0.6 is 0 Å². The van der Waals surface area contributed by atoms with Crippen LogP contribution in [0.25, 0.3) is 0 Å². The highest BCUT2D eigenvalue weighted by molar-refractivity contribution is 5.73. The van der Waals surface area contributed by atoms with Crippen molar-refractivity contribution in [1.29, 1.82) is 0 Å². The molecule has 1 rings (SSSR count). The van der Waals surface area contributed by atoms with Crippen LogP contribution < -0.4 is 19.9 Å². The van der Waals surface area contributed by atoms with Crippen LogP contribution in [0.3, 0.4) is 0 Å². The molecule has 0 saturated carbocycles. The van der Waals surface area contributed by atoms with Crippen LogP contribution in [0.15, 0.2) is 12.1 Å². The first-order valence-electron chi connectivity index (χ1n) is 6.55. The van der Waals surface area contributed by atoms with Gasteiger partial charge in [0, 0.05) is 18.2 Å². The van der Waals surface area contributed by atoms with Crippen LogP contribution in [0.2, 0.25) is 0 Å². The molecule has 0 bridgehead atoms. The van der Waals surface area contributed by atoms with Crippen LogP contribution in [0, 0.1) is 5.41 Å². The van der Waals surface area contributed by atoms with Crippen molar-refractivity contribution >= 4 is 5.97 Å². The number of hydrogen-bond acceptors (Lipinski definition) is 5. The predicted octanol–water partition coefficient (Wildman–Crippen LogP) is 2.21. The maximum atomic E-state index is 11.3. The van der Waals surface area contributed by atoms with Crippen molar-refractivity contribution in [3.8, 4) is 17.2 Å². The van der Waals surface area contributed by atoms with Gasteiger partial charge in [-0.2, -0.15) is 0 Å². The van der Waals surface area contributed by atoms with E-state index in [0.29, 0.717) is 22.8 Å². The molecule has 0 aliphatic heterocycles. The highest BCUT2D eigenvalue weighted by atomic mass is 16.5. The molecule has 0 fully saturated rings. The summed E-state index contributed by atoms with van der Waals surface area (Å²) in [6.07, 6.45) is 0.251. The van der Waals surface area contributed by atoms with Crippen LogP contribution in [0.5, 0.6) is 17.2 Å². The molecule has 6 heteroatoms. The summed E-state index contributed by atoms with van der Waals surface area (Å²) in [6.45, 7) is 3.27. The number of carboxylic acid groups (broad SMARTS) is 1. The first kappa shape index (κ1) is 17.1. The molecule has 0 heterocycles. The summed E-state index contributed by atoms with van der Waals surface area (Å²) in [5, 5.41) is 9.23. The molecule has 0 aliphatic carbocycles. The Morgan fingerprint density at radius 1 is 1.19 bits per heavy atom. The largest absolute Gasteiger partial charge is 0.496 e. The van der Waals surface area contributed by atoms with E-state index >= 15 is 0 Å². The Kier molecular flexibility index (Phi) is 5.43. The minimum Gasteiger partial charge on any atom is -0.496 e.